The average molecular weight is 358 g/mol. The molecule has 0 aliphatic carbocycles. The van der Waals surface area contributed by atoms with Gasteiger partial charge in [0.25, 0.3) is 0 Å². The molecule has 0 amide bonds. The van der Waals surface area contributed by atoms with Gasteiger partial charge in [-0.25, -0.2) is 4.39 Å². The maximum Gasteiger partial charge on any atom is 0.200 e. The summed E-state index contributed by atoms with van der Waals surface area (Å²) in [5.41, 5.74) is 6.36. The Morgan fingerprint density at radius 3 is 2.57 bits per heavy atom. The van der Waals surface area contributed by atoms with Gasteiger partial charge in [-0.2, -0.15) is 4.39 Å². The number of hydrogen-bond acceptors (Lipinski definition) is 3. The summed E-state index contributed by atoms with van der Waals surface area (Å²) in [7, 11) is 1.52. The van der Waals surface area contributed by atoms with Crippen LogP contribution in [0.5, 0.6) is 11.5 Å². The fourth-order valence-electron chi connectivity index (χ4n) is 1.94. The minimum Gasteiger partial charge on any atom is -0.496 e. The summed E-state index contributed by atoms with van der Waals surface area (Å²) in [4.78, 5) is 0. The van der Waals surface area contributed by atoms with Crippen LogP contribution in [0.25, 0.3) is 0 Å². The molecule has 0 spiro atoms. The van der Waals surface area contributed by atoms with Crippen molar-refractivity contribution in [2.24, 2.45) is 5.73 Å². The van der Waals surface area contributed by atoms with Crippen LogP contribution in [0, 0.1) is 11.6 Å². The molecule has 6 heteroatoms. The molecule has 0 saturated carbocycles. The molecule has 0 fully saturated rings. The molecule has 112 valence electrons. The minimum absolute atomic E-state index is 0.0912. The van der Waals surface area contributed by atoms with Crippen LogP contribution >= 0.6 is 15.9 Å². The van der Waals surface area contributed by atoms with E-state index in [2.05, 4.69) is 15.9 Å². The van der Waals surface area contributed by atoms with Gasteiger partial charge in [-0.3, -0.25) is 0 Å². The van der Waals surface area contributed by atoms with E-state index in [-0.39, 0.29) is 12.3 Å². The summed E-state index contributed by atoms with van der Waals surface area (Å²) < 4.78 is 38.3. The summed E-state index contributed by atoms with van der Waals surface area (Å²) in [6.07, 6.45) is -0.649. The van der Waals surface area contributed by atoms with Gasteiger partial charge < -0.3 is 15.2 Å². The van der Waals surface area contributed by atoms with Crippen molar-refractivity contribution >= 4 is 15.9 Å². The third kappa shape index (κ3) is 3.51. The smallest absolute Gasteiger partial charge is 0.200 e. The number of para-hydroxylation sites is 1. The number of ether oxygens (including phenoxy) is 2. The van der Waals surface area contributed by atoms with Crippen LogP contribution in [0.1, 0.15) is 11.7 Å². The summed E-state index contributed by atoms with van der Waals surface area (Å²) >= 11 is 3.10. The molecule has 2 rings (SSSR count). The number of benzene rings is 2. The summed E-state index contributed by atoms with van der Waals surface area (Å²) in [6.45, 7) is 0.0912. The van der Waals surface area contributed by atoms with Crippen LogP contribution in [0.4, 0.5) is 8.78 Å². The molecule has 21 heavy (non-hydrogen) atoms. The molecule has 3 nitrogen and oxygen atoms in total. The first-order chi connectivity index (χ1) is 10.1. The first-order valence-corrected chi connectivity index (χ1v) is 7.00. The van der Waals surface area contributed by atoms with E-state index in [1.54, 1.807) is 24.3 Å². The highest BCUT2D eigenvalue weighted by Gasteiger charge is 2.20. The van der Waals surface area contributed by atoms with E-state index >= 15 is 0 Å². The Morgan fingerprint density at radius 1 is 1.19 bits per heavy atom. The van der Waals surface area contributed by atoms with Gasteiger partial charge in [-0.05, 0) is 18.2 Å². The number of nitrogens with two attached hydrogens (primary N) is 1. The van der Waals surface area contributed by atoms with Crippen molar-refractivity contribution in [1.82, 2.24) is 0 Å². The molecule has 0 aromatic heterocycles. The number of hydrogen-bond donors (Lipinski definition) is 1. The van der Waals surface area contributed by atoms with Crippen molar-refractivity contribution in [3.63, 3.8) is 0 Å². The first kappa shape index (κ1) is 15.7. The summed E-state index contributed by atoms with van der Waals surface area (Å²) in [5, 5.41) is 0. The van der Waals surface area contributed by atoms with Crippen molar-refractivity contribution in [2.45, 2.75) is 6.10 Å². The monoisotopic (exact) mass is 357 g/mol. The zero-order chi connectivity index (χ0) is 15.4. The Kier molecular flexibility index (Phi) is 5.14. The molecule has 1 atom stereocenters. The Morgan fingerprint density at radius 2 is 1.90 bits per heavy atom. The van der Waals surface area contributed by atoms with Crippen molar-refractivity contribution in [2.75, 3.05) is 13.7 Å². The minimum atomic E-state index is -1.05. The molecule has 0 aliphatic rings. The number of methoxy groups -OCH3 is 1. The lowest BCUT2D eigenvalue weighted by atomic mass is 10.1. The predicted octanol–water partition coefficient (Wildman–Crippen LogP) is 3.81. The Balaban J connectivity index is 2.36. The molecule has 0 heterocycles. The van der Waals surface area contributed by atoms with E-state index in [1.807, 2.05) is 0 Å². The largest absolute Gasteiger partial charge is 0.496 e. The normalized spacial score (nSPS) is 12.0. The van der Waals surface area contributed by atoms with Gasteiger partial charge in [0.2, 0.25) is 5.82 Å². The van der Waals surface area contributed by atoms with Crippen LogP contribution in [0.2, 0.25) is 0 Å². The average Bonchev–Trinajstić information content (AvgIpc) is 2.49. The van der Waals surface area contributed by atoms with E-state index in [0.717, 1.165) is 6.07 Å². The van der Waals surface area contributed by atoms with Gasteiger partial charge in [0, 0.05) is 16.6 Å². The fourth-order valence-corrected chi connectivity index (χ4v) is 2.35. The lowest BCUT2D eigenvalue weighted by Gasteiger charge is -2.20. The quantitative estimate of drug-likeness (QED) is 0.827. The zero-order valence-electron chi connectivity index (χ0n) is 11.3. The second kappa shape index (κ2) is 6.87. The van der Waals surface area contributed by atoms with Gasteiger partial charge >= 0.3 is 0 Å². The van der Waals surface area contributed by atoms with E-state index in [1.165, 1.54) is 13.2 Å². The van der Waals surface area contributed by atoms with Crippen molar-refractivity contribution in [3.8, 4) is 11.5 Å². The molecule has 2 aromatic carbocycles. The first-order valence-electron chi connectivity index (χ1n) is 6.21. The topological polar surface area (TPSA) is 44.5 Å². The lowest BCUT2D eigenvalue weighted by molar-refractivity contribution is 0.197. The van der Waals surface area contributed by atoms with Gasteiger partial charge in [-0.1, -0.05) is 34.1 Å². The van der Waals surface area contributed by atoms with Gasteiger partial charge in [0.05, 0.1) is 7.11 Å². The van der Waals surface area contributed by atoms with Crippen LogP contribution in [0.15, 0.2) is 40.9 Å². The number of halogens is 3. The highest BCUT2D eigenvalue weighted by Crippen LogP contribution is 2.32. The highest BCUT2D eigenvalue weighted by atomic mass is 79.9. The molecule has 0 bridgehead atoms. The molecule has 0 saturated heterocycles. The fraction of sp³-hybridized carbons (Fsp3) is 0.200. The molecule has 2 N–H and O–H groups in total. The van der Waals surface area contributed by atoms with E-state index < -0.39 is 17.7 Å². The maximum absolute atomic E-state index is 13.8. The van der Waals surface area contributed by atoms with Crippen LogP contribution in [-0.4, -0.2) is 13.7 Å². The van der Waals surface area contributed by atoms with Crippen LogP contribution in [-0.2, 0) is 0 Å². The van der Waals surface area contributed by atoms with E-state index in [9.17, 15) is 8.78 Å². The second-order valence-corrected chi connectivity index (χ2v) is 5.20. The summed E-state index contributed by atoms with van der Waals surface area (Å²) in [6, 6.07) is 9.50. The predicted molar refractivity (Wildman–Crippen MR) is 79.5 cm³/mol. The SMILES string of the molecule is COc1ccccc1C(CN)Oc1cc(Br)cc(F)c1F. The van der Waals surface area contributed by atoms with Crippen LogP contribution in [0.3, 0.4) is 0 Å². The van der Waals surface area contributed by atoms with Gasteiger partial charge in [0.15, 0.2) is 11.6 Å². The standard InChI is InChI=1S/C15H14BrF2NO2/c1-20-12-5-3-2-4-10(12)14(8-19)21-13-7-9(16)6-11(17)15(13)18/h2-7,14H,8,19H2,1H3. The second-order valence-electron chi connectivity index (χ2n) is 4.28. The van der Waals surface area contributed by atoms with Crippen molar-refractivity contribution in [1.29, 1.82) is 0 Å². The van der Waals surface area contributed by atoms with E-state index in [0.29, 0.717) is 15.8 Å². The molecule has 1 unspecified atom stereocenters. The summed E-state index contributed by atoms with van der Waals surface area (Å²) in [5.74, 6) is -1.67. The maximum atomic E-state index is 13.8. The molecular weight excluding hydrogens is 344 g/mol. The third-order valence-corrected chi connectivity index (χ3v) is 3.39. The Labute approximate surface area is 129 Å². The Bertz CT molecular complexity index is 637. The zero-order valence-corrected chi connectivity index (χ0v) is 12.9. The molecule has 0 aliphatic heterocycles. The van der Waals surface area contributed by atoms with Gasteiger partial charge in [0.1, 0.15) is 11.9 Å². The Hall–Kier alpha value is -1.66. The van der Waals surface area contributed by atoms with Crippen molar-refractivity contribution in [3.05, 3.63) is 58.1 Å². The van der Waals surface area contributed by atoms with Gasteiger partial charge in [-0.15, -0.1) is 0 Å². The van der Waals surface area contributed by atoms with E-state index in [4.69, 9.17) is 15.2 Å². The third-order valence-electron chi connectivity index (χ3n) is 2.93. The van der Waals surface area contributed by atoms with Crippen molar-refractivity contribution < 1.29 is 18.3 Å². The van der Waals surface area contributed by atoms with Crippen LogP contribution < -0.4 is 15.2 Å². The highest BCUT2D eigenvalue weighted by molar-refractivity contribution is 9.10. The lowest BCUT2D eigenvalue weighted by Crippen LogP contribution is -2.19. The number of rotatable bonds is 5. The molecule has 2 aromatic rings. The molecule has 0 radical (unpaired) electrons. The molecular formula is C15H14BrF2NO2.